The Kier molecular flexibility index (Phi) is 5.00. The molecule has 4 heteroatoms. The molecule has 0 fully saturated rings. The first-order valence-corrected chi connectivity index (χ1v) is 6.56. The SMILES string of the molecule is CCC(CC)N(C)c1cccc(Br)c1C(=O)O. The molecule has 0 aliphatic rings. The molecule has 0 saturated carbocycles. The van der Waals surface area contributed by atoms with Crippen LogP contribution in [0.5, 0.6) is 0 Å². The standard InChI is InChI=1S/C13H18BrNO2/c1-4-9(5-2)15(3)11-8-6-7-10(14)12(11)13(16)17/h6-9H,4-5H2,1-3H3,(H,16,17). The highest BCUT2D eigenvalue weighted by Gasteiger charge is 2.20. The Hall–Kier alpha value is -1.03. The number of anilines is 1. The van der Waals surface area contributed by atoms with Crippen molar-refractivity contribution in [3.63, 3.8) is 0 Å². The zero-order valence-corrected chi connectivity index (χ0v) is 12.0. The van der Waals surface area contributed by atoms with Crippen LogP contribution >= 0.6 is 15.9 Å². The Morgan fingerprint density at radius 2 is 2.00 bits per heavy atom. The number of rotatable bonds is 5. The molecular weight excluding hydrogens is 282 g/mol. The minimum absolute atomic E-state index is 0.335. The van der Waals surface area contributed by atoms with E-state index in [9.17, 15) is 9.90 Å². The second-order valence-corrected chi connectivity index (χ2v) is 4.87. The second kappa shape index (κ2) is 6.05. The van der Waals surface area contributed by atoms with Gasteiger partial charge in [-0.3, -0.25) is 0 Å². The van der Waals surface area contributed by atoms with Crippen LogP contribution in [-0.4, -0.2) is 24.2 Å². The number of hydrogen-bond acceptors (Lipinski definition) is 2. The van der Waals surface area contributed by atoms with Gasteiger partial charge in [-0.05, 0) is 40.9 Å². The predicted molar refractivity (Wildman–Crippen MR) is 73.9 cm³/mol. The van der Waals surface area contributed by atoms with E-state index in [0.717, 1.165) is 18.5 Å². The van der Waals surface area contributed by atoms with E-state index < -0.39 is 5.97 Å². The lowest BCUT2D eigenvalue weighted by Crippen LogP contribution is -2.31. The summed E-state index contributed by atoms with van der Waals surface area (Å²) >= 11 is 3.30. The average Bonchev–Trinajstić information content (AvgIpc) is 2.29. The van der Waals surface area contributed by atoms with E-state index in [1.54, 1.807) is 6.07 Å². The molecule has 0 amide bonds. The molecule has 1 N–H and O–H groups in total. The van der Waals surface area contributed by atoms with Crippen molar-refractivity contribution in [3.05, 3.63) is 28.2 Å². The Morgan fingerprint density at radius 1 is 1.41 bits per heavy atom. The third-order valence-corrected chi connectivity index (χ3v) is 3.74. The highest BCUT2D eigenvalue weighted by molar-refractivity contribution is 9.10. The van der Waals surface area contributed by atoms with Crippen LogP contribution in [0.2, 0.25) is 0 Å². The molecule has 17 heavy (non-hydrogen) atoms. The van der Waals surface area contributed by atoms with Crippen LogP contribution in [0.25, 0.3) is 0 Å². The van der Waals surface area contributed by atoms with Crippen molar-refractivity contribution in [1.82, 2.24) is 0 Å². The summed E-state index contributed by atoms with van der Waals surface area (Å²) in [6, 6.07) is 5.84. The summed E-state index contributed by atoms with van der Waals surface area (Å²) in [5.74, 6) is -0.898. The lowest BCUT2D eigenvalue weighted by atomic mass is 10.1. The molecule has 3 nitrogen and oxygen atoms in total. The Bertz CT molecular complexity index is 402. The Balaban J connectivity index is 3.21. The third-order valence-electron chi connectivity index (χ3n) is 3.08. The molecule has 1 rings (SSSR count). The molecule has 0 aliphatic carbocycles. The van der Waals surface area contributed by atoms with E-state index in [-0.39, 0.29) is 0 Å². The summed E-state index contributed by atoms with van der Waals surface area (Å²) in [4.78, 5) is 13.3. The van der Waals surface area contributed by atoms with Crippen molar-refractivity contribution >= 4 is 27.6 Å². The first-order valence-electron chi connectivity index (χ1n) is 5.77. The van der Waals surface area contributed by atoms with Crippen LogP contribution < -0.4 is 4.90 Å². The highest BCUT2D eigenvalue weighted by atomic mass is 79.9. The zero-order chi connectivity index (χ0) is 13.0. The summed E-state index contributed by atoms with van der Waals surface area (Å²) in [6.07, 6.45) is 2.00. The summed E-state index contributed by atoms with van der Waals surface area (Å²) in [5, 5.41) is 9.27. The lowest BCUT2D eigenvalue weighted by Gasteiger charge is -2.29. The first kappa shape index (κ1) is 14.0. The topological polar surface area (TPSA) is 40.5 Å². The summed E-state index contributed by atoms with van der Waals surface area (Å²) in [7, 11) is 1.95. The van der Waals surface area contributed by atoms with Gasteiger partial charge in [-0.15, -0.1) is 0 Å². The predicted octanol–water partition coefficient (Wildman–Crippen LogP) is 3.77. The number of aromatic carboxylic acids is 1. The number of halogens is 1. The van der Waals surface area contributed by atoms with E-state index >= 15 is 0 Å². The summed E-state index contributed by atoms with van der Waals surface area (Å²) in [6.45, 7) is 4.23. The molecule has 1 aromatic rings. The van der Waals surface area contributed by atoms with Gasteiger partial charge in [0.25, 0.3) is 0 Å². The van der Waals surface area contributed by atoms with Crippen LogP contribution in [0.3, 0.4) is 0 Å². The van der Waals surface area contributed by atoms with Gasteiger partial charge in [0, 0.05) is 17.6 Å². The largest absolute Gasteiger partial charge is 0.478 e. The molecule has 0 radical (unpaired) electrons. The minimum Gasteiger partial charge on any atom is -0.478 e. The normalized spacial score (nSPS) is 10.6. The van der Waals surface area contributed by atoms with Crippen molar-refractivity contribution < 1.29 is 9.90 Å². The molecule has 0 atom stereocenters. The van der Waals surface area contributed by atoms with E-state index in [2.05, 4.69) is 29.8 Å². The maximum atomic E-state index is 11.3. The summed E-state index contributed by atoms with van der Waals surface area (Å²) < 4.78 is 0.625. The molecule has 94 valence electrons. The van der Waals surface area contributed by atoms with Gasteiger partial charge in [-0.25, -0.2) is 4.79 Å². The van der Waals surface area contributed by atoms with Gasteiger partial charge < -0.3 is 10.0 Å². The molecular formula is C13H18BrNO2. The monoisotopic (exact) mass is 299 g/mol. The average molecular weight is 300 g/mol. The van der Waals surface area contributed by atoms with Gasteiger partial charge in [0.15, 0.2) is 0 Å². The first-order chi connectivity index (χ1) is 8.02. The Morgan fingerprint density at radius 3 is 2.47 bits per heavy atom. The quantitative estimate of drug-likeness (QED) is 0.900. The van der Waals surface area contributed by atoms with Crippen molar-refractivity contribution in [2.75, 3.05) is 11.9 Å². The fourth-order valence-electron chi connectivity index (χ4n) is 2.05. The van der Waals surface area contributed by atoms with Gasteiger partial charge in [0.1, 0.15) is 0 Å². The molecule has 0 saturated heterocycles. The van der Waals surface area contributed by atoms with Crippen LogP contribution in [-0.2, 0) is 0 Å². The highest BCUT2D eigenvalue weighted by Crippen LogP contribution is 2.29. The zero-order valence-electron chi connectivity index (χ0n) is 10.4. The molecule has 0 spiro atoms. The number of nitrogens with zero attached hydrogens (tertiary/aromatic N) is 1. The van der Waals surface area contributed by atoms with Crippen molar-refractivity contribution in [2.24, 2.45) is 0 Å². The van der Waals surface area contributed by atoms with E-state index in [1.165, 1.54) is 0 Å². The van der Waals surface area contributed by atoms with Crippen molar-refractivity contribution in [2.45, 2.75) is 32.7 Å². The molecule has 0 aromatic heterocycles. The molecule has 0 heterocycles. The van der Waals surface area contributed by atoms with Crippen molar-refractivity contribution in [1.29, 1.82) is 0 Å². The van der Waals surface area contributed by atoms with Gasteiger partial charge in [-0.2, -0.15) is 0 Å². The minimum atomic E-state index is -0.898. The number of carboxylic acids is 1. The second-order valence-electron chi connectivity index (χ2n) is 4.02. The third kappa shape index (κ3) is 3.00. The maximum absolute atomic E-state index is 11.3. The smallest absolute Gasteiger partial charge is 0.338 e. The number of carbonyl (C=O) groups is 1. The van der Waals surface area contributed by atoms with E-state index in [4.69, 9.17) is 0 Å². The van der Waals surface area contributed by atoms with Gasteiger partial charge in [-0.1, -0.05) is 19.9 Å². The fourth-order valence-corrected chi connectivity index (χ4v) is 2.58. The van der Waals surface area contributed by atoms with E-state index in [0.29, 0.717) is 16.1 Å². The number of benzene rings is 1. The van der Waals surface area contributed by atoms with Crippen molar-refractivity contribution in [3.8, 4) is 0 Å². The number of hydrogen-bond donors (Lipinski definition) is 1. The fraction of sp³-hybridized carbons (Fsp3) is 0.462. The van der Waals surface area contributed by atoms with E-state index in [1.807, 2.05) is 24.1 Å². The summed E-state index contributed by atoms with van der Waals surface area (Å²) in [5.41, 5.74) is 1.10. The van der Waals surface area contributed by atoms with Crippen LogP contribution in [0, 0.1) is 0 Å². The van der Waals surface area contributed by atoms with Gasteiger partial charge in [0.05, 0.1) is 11.3 Å². The molecule has 0 aliphatic heterocycles. The lowest BCUT2D eigenvalue weighted by molar-refractivity contribution is 0.0696. The number of carboxylic acid groups (broad SMARTS) is 1. The van der Waals surface area contributed by atoms with Gasteiger partial charge >= 0.3 is 5.97 Å². The molecule has 1 aromatic carbocycles. The van der Waals surface area contributed by atoms with Gasteiger partial charge in [0.2, 0.25) is 0 Å². The van der Waals surface area contributed by atoms with Crippen LogP contribution in [0.4, 0.5) is 5.69 Å². The Labute approximate surface area is 111 Å². The van der Waals surface area contributed by atoms with Crippen LogP contribution in [0.1, 0.15) is 37.0 Å². The molecule has 0 unspecified atom stereocenters. The van der Waals surface area contributed by atoms with Crippen LogP contribution in [0.15, 0.2) is 22.7 Å². The molecule has 0 bridgehead atoms. The maximum Gasteiger partial charge on any atom is 0.338 e.